The van der Waals surface area contributed by atoms with E-state index in [1.807, 2.05) is 37.3 Å². The highest BCUT2D eigenvalue weighted by atomic mass is 32.1. The lowest BCUT2D eigenvalue weighted by Gasteiger charge is -2.12. The van der Waals surface area contributed by atoms with E-state index in [4.69, 9.17) is 21.7 Å². The van der Waals surface area contributed by atoms with Crippen molar-refractivity contribution in [2.45, 2.75) is 26.7 Å². The van der Waals surface area contributed by atoms with Gasteiger partial charge in [0.2, 0.25) is 0 Å². The number of nitrogens with zero attached hydrogens (tertiary/aromatic N) is 1. The van der Waals surface area contributed by atoms with Gasteiger partial charge in [0.15, 0.2) is 5.11 Å². The highest BCUT2D eigenvalue weighted by molar-refractivity contribution is 7.80. The number of anilines is 1. The van der Waals surface area contributed by atoms with Crippen LogP contribution in [0, 0.1) is 0 Å². The van der Waals surface area contributed by atoms with Gasteiger partial charge in [-0.25, -0.2) is 0 Å². The molecule has 0 aliphatic heterocycles. The van der Waals surface area contributed by atoms with Crippen LogP contribution in [0.5, 0.6) is 11.5 Å². The molecule has 0 bridgehead atoms. The van der Waals surface area contributed by atoms with Gasteiger partial charge in [-0.1, -0.05) is 26.0 Å². The third-order valence-electron chi connectivity index (χ3n) is 3.96. The van der Waals surface area contributed by atoms with Crippen molar-refractivity contribution in [2.24, 2.45) is 5.10 Å². The maximum absolute atomic E-state index is 5.40. The van der Waals surface area contributed by atoms with Crippen LogP contribution >= 0.6 is 12.2 Å². The lowest BCUT2D eigenvalue weighted by atomic mass is 10.0. The summed E-state index contributed by atoms with van der Waals surface area (Å²) in [5, 5.41) is 7.89. The summed E-state index contributed by atoms with van der Waals surface area (Å²) in [6.45, 7) is 6.22. The quantitative estimate of drug-likeness (QED) is 0.444. The standard InChI is InChI=1S/C20H25N3O2S/c1-13(2)15-6-8-16(9-7-15)21-20(26)23-22-14(3)18-11-10-17(24-4)12-19(18)25-5/h6-13H,1-5H3,(H2,21,23,26)/b22-14+. The van der Waals surface area contributed by atoms with Crippen molar-refractivity contribution in [1.29, 1.82) is 0 Å². The predicted molar refractivity (Wildman–Crippen MR) is 112 cm³/mol. The van der Waals surface area contributed by atoms with E-state index < -0.39 is 0 Å². The smallest absolute Gasteiger partial charge is 0.191 e. The molecule has 6 heteroatoms. The van der Waals surface area contributed by atoms with Crippen LogP contribution in [0.2, 0.25) is 0 Å². The molecule has 0 unspecified atom stereocenters. The first-order valence-corrected chi connectivity index (χ1v) is 8.79. The molecule has 2 aromatic carbocycles. The molecule has 0 spiro atoms. The molecule has 2 rings (SSSR count). The Labute approximate surface area is 160 Å². The fourth-order valence-corrected chi connectivity index (χ4v) is 2.57. The van der Waals surface area contributed by atoms with Crippen molar-refractivity contribution in [3.63, 3.8) is 0 Å². The molecule has 0 amide bonds. The normalized spacial score (nSPS) is 11.2. The van der Waals surface area contributed by atoms with Gasteiger partial charge in [-0.3, -0.25) is 5.43 Å². The Balaban J connectivity index is 2.03. The first-order chi connectivity index (χ1) is 12.4. The number of ether oxygens (including phenoxy) is 2. The van der Waals surface area contributed by atoms with Gasteiger partial charge in [-0.05, 0) is 54.9 Å². The molecule has 0 aliphatic carbocycles. The molecule has 0 aromatic heterocycles. The van der Waals surface area contributed by atoms with E-state index >= 15 is 0 Å². The lowest BCUT2D eigenvalue weighted by Crippen LogP contribution is -2.25. The van der Waals surface area contributed by atoms with Gasteiger partial charge in [0.1, 0.15) is 11.5 Å². The van der Waals surface area contributed by atoms with Crippen molar-refractivity contribution < 1.29 is 9.47 Å². The molecule has 0 radical (unpaired) electrons. The van der Waals surface area contributed by atoms with Crippen LogP contribution in [0.15, 0.2) is 47.6 Å². The number of rotatable bonds is 6. The molecule has 0 atom stereocenters. The average Bonchev–Trinajstić information content (AvgIpc) is 2.65. The second kappa shape index (κ2) is 9.20. The second-order valence-electron chi connectivity index (χ2n) is 6.11. The number of hydrogen-bond acceptors (Lipinski definition) is 4. The first-order valence-electron chi connectivity index (χ1n) is 8.38. The number of thiocarbonyl (C=S) groups is 1. The summed E-state index contributed by atoms with van der Waals surface area (Å²) < 4.78 is 10.6. The molecule has 0 saturated heterocycles. The summed E-state index contributed by atoms with van der Waals surface area (Å²) in [6.07, 6.45) is 0. The minimum Gasteiger partial charge on any atom is -0.497 e. The summed E-state index contributed by atoms with van der Waals surface area (Å²) in [5.41, 5.74) is 6.69. The molecule has 138 valence electrons. The Morgan fingerprint density at radius 3 is 2.31 bits per heavy atom. The molecule has 2 N–H and O–H groups in total. The number of hydrazone groups is 1. The zero-order chi connectivity index (χ0) is 19.1. The summed E-state index contributed by atoms with van der Waals surface area (Å²) in [6, 6.07) is 13.8. The molecule has 0 fully saturated rings. The topological polar surface area (TPSA) is 54.9 Å². The third kappa shape index (κ3) is 5.20. The van der Waals surface area contributed by atoms with E-state index in [1.165, 1.54) is 5.56 Å². The SMILES string of the molecule is COc1ccc(/C(C)=N/NC(=S)Nc2ccc(C(C)C)cc2)c(OC)c1. The van der Waals surface area contributed by atoms with Gasteiger partial charge in [-0.2, -0.15) is 5.10 Å². The van der Waals surface area contributed by atoms with Gasteiger partial charge in [0.25, 0.3) is 0 Å². The molecular weight excluding hydrogens is 346 g/mol. The summed E-state index contributed by atoms with van der Waals surface area (Å²) in [4.78, 5) is 0. The molecular formula is C20H25N3O2S. The van der Waals surface area contributed by atoms with Crippen LogP contribution in [-0.2, 0) is 0 Å². The molecule has 26 heavy (non-hydrogen) atoms. The Bertz CT molecular complexity index is 786. The van der Waals surface area contributed by atoms with Crippen molar-refractivity contribution >= 4 is 28.7 Å². The number of nitrogens with one attached hydrogen (secondary N) is 2. The Morgan fingerprint density at radius 1 is 1.04 bits per heavy atom. The van der Waals surface area contributed by atoms with Crippen molar-refractivity contribution in [3.05, 3.63) is 53.6 Å². The van der Waals surface area contributed by atoms with Gasteiger partial charge >= 0.3 is 0 Å². The fraction of sp³-hybridized carbons (Fsp3) is 0.300. The number of benzene rings is 2. The van der Waals surface area contributed by atoms with Crippen LogP contribution in [0.1, 0.15) is 37.8 Å². The Hall–Kier alpha value is -2.60. The van der Waals surface area contributed by atoms with Gasteiger partial charge < -0.3 is 14.8 Å². The summed E-state index contributed by atoms with van der Waals surface area (Å²) in [7, 11) is 3.24. The lowest BCUT2D eigenvalue weighted by molar-refractivity contribution is 0.394. The summed E-state index contributed by atoms with van der Waals surface area (Å²) >= 11 is 5.31. The van der Waals surface area contributed by atoms with E-state index in [2.05, 4.69) is 41.8 Å². The molecule has 0 heterocycles. The van der Waals surface area contributed by atoms with Crippen LogP contribution in [0.25, 0.3) is 0 Å². The van der Waals surface area contributed by atoms with Crippen molar-refractivity contribution in [1.82, 2.24) is 5.43 Å². The molecule has 0 saturated carbocycles. The largest absolute Gasteiger partial charge is 0.497 e. The first kappa shape index (κ1) is 19.7. The van der Waals surface area contributed by atoms with Gasteiger partial charge in [-0.15, -0.1) is 0 Å². The third-order valence-corrected chi connectivity index (χ3v) is 4.15. The molecule has 5 nitrogen and oxygen atoms in total. The molecule has 2 aromatic rings. The Kier molecular flexibility index (Phi) is 6.97. The highest BCUT2D eigenvalue weighted by Crippen LogP contribution is 2.25. The zero-order valence-electron chi connectivity index (χ0n) is 15.8. The average molecular weight is 372 g/mol. The predicted octanol–water partition coefficient (Wildman–Crippen LogP) is 4.54. The van der Waals surface area contributed by atoms with Crippen molar-refractivity contribution in [3.8, 4) is 11.5 Å². The van der Waals surface area contributed by atoms with Gasteiger partial charge in [0, 0.05) is 17.3 Å². The monoisotopic (exact) mass is 371 g/mol. The molecule has 0 aliphatic rings. The van der Waals surface area contributed by atoms with Crippen molar-refractivity contribution in [2.75, 3.05) is 19.5 Å². The Morgan fingerprint density at radius 2 is 1.73 bits per heavy atom. The van der Waals surface area contributed by atoms with E-state index in [-0.39, 0.29) is 0 Å². The van der Waals surface area contributed by atoms with Gasteiger partial charge in [0.05, 0.1) is 19.9 Å². The van der Waals surface area contributed by atoms with E-state index in [0.717, 1.165) is 22.7 Å². The maximum Gasteiger partial charge on any atom is 0.191 e. The van der Waals surface area contributed by atoms with E-state index in [9.17, 15) is 0 Å². The highest BCUT2D eigenvalue weighted by Gasteiger charge is 2.08. The van der Waals surface area contributed by atoms with Crippen LogP contribution < -0.4 is 20.2 Å². The van der Waals surface area contributed by atoms with E-state index in [1.54, 1.807) is 14.2 Å². The minimum absolute atomic E-state index is 0.425. The maximum atomic E-state index is 5.40. The fourth-order valence-electron chi connectivity index (χ4n) is 2.40. The van der Waals surface area contributed by atoms with Crippen LogP contribution in [-0.4, -0.2) is 25.0 Å². The van der Waals surface area contributed by atoms with Crippen LogP contribution in [0.4, 0.5) is 5.69 Å². The second-order valence-corrected chi connectivity index (χ2v) is 6.51. The minimum atomic E-state index is 0.425. The van der Waals surface area contributed by atoms with E-state index in [0.29, 0.717) is 16.8 Å². The number of methoxy groups -OCH3 is 2. The van der Waals surface area contributed by atoms with Crippen LogP contribution in [0.3, 0.4) is 0 Å². The number of hydrogen-bond donors (Lipinski definition) is 2. The summed E-state index contributed by atoms with van der Waals surface area (Å²) in [5.74, 6) is 1.92. The zero-order valence-corrected chi connectivity index (χ0v) is 16.6.